The fourth-order valence-corrected chi connectivity index (χ4v) is 5.94. The molecule has 9 nitrogen and oxygen atoms in total. The van der Waals surface area contributed by atoms with Gasteiger partial charge in [0, 0.05) is 38.1 Å². The van der Waals surface area contributed by atoms with Crippen molar-refractivity contribution in [1.82, 2.24) is 24.0 Å². The summed E-state index contributed by atoms with van der Waals surface area (Å²) in [5.74, 6) is 0.534. The second kappa shape index (κ2) is 11.1. The first-order valence-corrected chi connectivity index (χ1v) is 14.2. The van der Waals surface area contributed by atoms with Crippen LogP contribution in [0, 0.1) is 0 Å². The summed E-state index contributed by atoms with van der Waals surface area (Å²) >= 11 is 0. The first-order chi connectivity index (χ1) is 17.3. The highest BCUT2D eigenvalue weighted by Crippen LogP contribution is 2.33. The predicted octanol–water partition coefficient (Wildman–Crippen LogP) is 3.39. The maximum absolute atomic E-state index is 13.4. The van der Waals surface area contributed by atoms with Crippen LogP contribution in [0.3, 0.4) is 0 Å². The number of H-pyrrole nitrogens is 1. The minimum absolute atomic E-state index is 0.172. The summed E-state index contributed by atoms with van der Waals surface area (Å²) in [6.07, 6.45) is 4.78. The molecule has 4 rings (SSSR count). The summed E-state index contributed by atoms with van der Waals surface area (Å²) in [5.41, 5.74) is 2.15. The third-order valence-corrected chi connectivity index (χ3v) is 8.59. The van der Waals surface area contributed by atoms with Gasteiger partial charge in [0.15, 0.2) is 0 Å². The van der Waals surface area contributed by atoms with E-state index in [1.165, 1.54) is 17.1 Å². The number of rotatable bonds is 11. The van der Waals surface area contributed by atoms with Gasteiger partial charge in [0.1, 0.15) is 11.3 Å². The molecule has 1 aliphatic rings. The second-order valence-corrected chi connectivity index (χ2v) is 11.5. The van der Waals surface area contributed by atoms with E-state index in [0.717, 1.165) is 43.4 Å². The highest BCUT2D eigenvalue weighted by molar-refractivity contribution is 7.89. The third kappa shape index (κ3) is 5.35. The number of fused-ring (bicyclic) bond motifs is 1. The molecule has 1 aromatic carbocycles. The molecule has 36 heavy (non-hydrogen) atoms. The number of benzene rings is 1. The van der Waals surface area contributed by atoms with E-state index in [9.17, 15) is 13.2 Å². The number of nitrogens with one attached hydrogen (secondary N) is 1. The second-order valence-electron chi connectivity index (χ2n) is 9.48. The highest BCUT2D eigenvalue weighted by atomic mass is 32.2. The number of hydrogen-bond acceptors (Lipinski definition) is 6. The Morgan fingerprint density at radius 2 is 1.89 bits per heavy atom. The van der Waals surface area contributed by atoms with Crippen molar-refractivity contribution in [3.63, 3.8) is 0 Å². The van der Waals surface area contributed by atoms with Crippen LogP contribution in [0.1, 0.15) is 45.2 Å². The molecule has 1 saturated heterocycles. The molecule has 0 atom stereocenters. The topological polar surface area (TPSA) is 101 Å². The van der Waals surface area contributed by atoms with Gasteiger partial charge in [-0.2, -0.15) is 9.40 Å². The largest absolute Gasteiger partial charge is 0.493 e. The number of sulfonamides is 1. The number of nitrogens with zero attached hydrogens (tertiary/aromatic N) is 4. The van der Waals surface area contributed by atoms with Crippen LogP contribution in [0.2, 0.25) is 0 Å². The zero-order chi connectivity index (χ0) is 25.9. The Morgan fingerprint density at radius 1 is 1.14 bits per heavy atom. The highest BCUT2D eigenvalue weighted by Gasteiger charge is 2.24. The SMILES string of the molecule is CCCOc1ccc(S(=O)(=O)N(C)CCN2CCCC2)cc1-c1cc2c(CCC)nn(C)c2c(=O)[nH]1. The molecule has 0 aliphatic carbocycles. The van der Waals surface area contributed by atoms with Crippen LogP contribution in [0.15, 0.2) is 34.0 Å². The Balaban J connectivity index is 1.75. The number of likely N-dealkylation sites (N-methyl/N-ethyl adjacent to an activating group) is 1. The van der Waals surface area contributed by atoms with Crippen molar-refractivity contribution in [1.29, 1.82) is 0 Å². The van der Waals surface area contributed by atoms with Crippen LogP contribution >= 0.6 is 0 Å². The molecule has 0 bridgehead atoms. The van der Waals surface area contributed by atoms with Crippen LogP contribution in [-0.4, -0.2) is 72.2 Å². The summed E-state index contributed by atoms with van der Waals surface area (Å²) < 4.78 is 35.9. The van der Waals surface area contributed by atoms with Crippen molar-refractivity contribution in [2.75, 3.05) is 39.8 Å². The Bertz CT molecular complexity index is 1370. The Hall–Kier alpha value is -2.69. The van der Waals surface area contributed by atoms with Crippen LogP contribution in [0.5, 0.6) is 5.75 Å². The predicted molar refractivity (Wildman–Crippen MR) is 142 cm³/mol. The van der Waals surface area contributed by atoms with Crippen LogP contribution < -0.4 is 10.3 Å². The average molecular weight is 516 g/mol. The molecule has 0 amide bonds. The van der Waals surface area contributed by atoms with Crippen molar-refractivity contribution in [2.24, 2.45) is 7.05 Å². The van der Waals surface area contributed by atoms with Gasteiger partial charge in [0.2, 0.25) is 10.0 Å². The summed E-state index contributed by atoms with van der Waals surface area (Å²) in [6.45, 7) is 7.73. The molecule has 0 radical (unpaired) electrons. The van der Waals surface area contributed by atoms with Gasteiger partial charge in [0.05, 0.1) is 22.9 Å². The minimum atomic E-state index is -3.72. The van der Waals surface area contributed by atoms with Gasteiger partial charge in [-0.1, -0.05) is 20.3 Å². The number of ether oxygens (including phenoxy) is 1. The molecule has 3 heterocycles. The Labute approximate surface area is 213 Å². The molecule has 3 aromatic rings. The lowest BCUT2D eigenvalue weighted by atomic mass is 10.1. The van der Waals surface area contributed by atoms with E-state index in [2.05, 4.69) is 21.9 Å². The van der Waals surface area contributed by atoms with Crippen LogP contribution in [0.4, 0.5) is 0 Å². The molecule has 196 valence electrons. The van der Waals surface area contributed by atoms with Crippen molar-refractivity contribution in [3.05, 3.63) is 40.3 Å². The number of aryl methyl sites for hydroxylation is 2. The van der Waals surface area contributed by atoms with Gasteiger partial charge in [-0.25, -0.2) is 8.42 Å². The first-order valence-electron chi connectivity index (χ1n) is 12.8. The lowest BCUT2D eigenvalue weighted by molar-refractivity contribution is 0.310. The van der Waals surface area contributed by atoms with Gasteiger partial charge in [-0.3, -0.25) is 9.48 Å². The first kappa shape index (κ1) is 26.4. The molecular weight excluding hydrogens is 478 g/mol. The van der Waals surface area contributed by atoms with Crippen molar-refractivity contribution in [2.45, 2.75) is 50.8 Å². The molecule has 1 aliphatic heterocycles. The maximum atomic E-state index is 13.4. The standard InChI is InChI=1S/C26H37N5O4S/c1-5-9-22-21-18-23(27-26(32)25(21)30(4)28-22)20-17-19(10-11-24(20)35-16-6-2)36(33,34)29(3)14-15-31-12-7-8-13-31/h10-11,17-18H,5-9,12-16H2,1-4H3,(H,27,32). The van der Waals surface area contributed by atoms with E-state index in [1.54, 1.807) is 37.0 Å². The zero-order valence-electron chi connectivity index (χ0n) is 21.7. The molecule has 10 heteroatoms. The number of likely N-dealkylation sites (tertiary alicyclic amines) is 1. The van der Waals surface area contributed by atoms with E-state index in [1.807, 2.05) is 13.0 Å². The smallest absolute Gasteiger partial charge is 0.274 e. The molecule has 2 aromatic heterocycles. The Morgan fingerprint density at radius 3 is 2.58 bits per heavy atom. The van der Waals surface area contributed by atoms with Gasteiger partial charge >= 0.3 is 0 Å². The molecule has 1 fully saturated rings. The minimum Gasteiger partial charge on any atom is -0.493 e. The molecule has 0 spiro atoms. The van der Waals surface area contributed by atoms with E-state index < -0.39 is 10.0 Å². The number of aromatic amines is 1. The van der Waals surface area contributed by atoms with Gasteiger partial charge in [-0.15, -0.1) is 0 Å². The van der Waals surface area contributed by atoms with Crippen LogP contribution in [-0.2, 0) is 23.5 Å². The summed E-state index contributed by atoms with van der Waals surface area (Å²) in [4.78, 5) is 18.5. The molecular formula is C26H37N5O4S. The zero-order valence-corrected chi connectivity index (χ0v) is 22.5. The van der Waals surface area contributed by atoms with Crippen molar-refractivity contribution < 1.29 is 13.2 Å². The number of hydrogen-bond donors (Lipinski definition) is 1. The average Bonchev–Trinajstić information content (AvgIpc) is 3.49. The third-order valence-electron chi connectivity index (χ3n) is 6.74. The summed E-state index contributed by atoms with van der Waals surface area (Å²) in [7, 11) is -0.342. The number of aromatic nitrogens is 3. The van der Waals surface area contributed by atoms with E-state index in [-0.39, 0.29) is 10.5 Å². The lowest BCUT2D eigenvalue weighted by Crippen LogP contribution is -2.35. The molecule has 0 saturated carbocycles. The monoisotopic (exact) mass is 515 g/mol. The van der Waals surface area contributed by atoms with E-state index in [4.69, 9.17) is 4.74 Å². The molecule has 1 N–H and O–H groups in total. The van der Waals surface area contributed by atoms with Gasteiger partial charge < -0.3 is 14.6 Å². The van der Waals surface area contributed by atoms with Gasteiger partial charge in [-0.05, 0) is 63.0 Å². The summed E-state index contributed by atoms with van der Waals surface area (Å²) in [5, 5.41) is 5.31. The van der Waals surface area contributed by atoms with Gasteiger partial charge in [0.25, 0.3) is 5.56 Å². The fourth-order valence-electron chi connectivity index (χ4n) is 4.75. The Kier molecular flexibility index (Phi) is 8.17. The normalized spacial score (nSPS) is 14.8. The summed E-state index contributed by atoms with van der Waals surface area (Å²) in [6, 6.07) is 6.76. The van der Waals surface area contributed by atoms with Crippen molar-refractivity contribution >= 4 is 20.9 Å². The number of pyridine rings is 1. The maximum Gasteiger partial charge on any atom is 0.274 e. The quantitative estimate of drug-likeness (QED) is 0.420. The van der Waals surface area contributed by atoms with Crippen molar-refractivity contribution in [3.8, 4) is 17.0 Å². The molecule has 0 unspecified atom stereocenters. The van der Waals surface area contributed by atoms with E-state index in [0.29, 0.717) is 42.2 Å². The van der Waals surface area contributed by atoms with Crippen LogP contribution in [0.25, 0.3) is 22.2 Å². The fraction of sp³-hybridized carbons (Fsp3) is 0.538. The van der Waals surface area contributed by atoms with E-state index >= 15 is 0 Å². The lowest BCUT2D eigenvalue weighted by Gasteiger charge is -2.22.